The second kappa shape index (κ2) is 4.94. The topological polar surface area (TPSA) is 12.0 Å². The van der Waals surface area contributed by atoms with Gasteiger partial charge in [-0.2, -0.15) is 0 Å². The van der Waals surface area contributed by atoms with Crippen molar-refractivity contribution in [1.82, 2.24) is 5.32 Å². The van der Waals surface area contributed by atoms with Crippen molar-refractivity contribution in [2.75, 3.05) is 6.54 Å². The van der Waals surface area contributed by atoms with Crippen molar-refractivity contribution in [2.24, 2.45) is 5.92 Å². The van der Waals surface area contributed by atoms with Crippen LogP contribution in [0.2, 0.25) is 0 Å². The van der Waals surface area contributed by atoms with Crippen molar-refractivity contribution >= 4 is 11.3 Å². The fourth-order valence-corrected chi connectivity index (χ4v) is 2.69. The molecule has 1 nitrogen and oxygen atoms in total. The first-order valence-corrected chi connectivity index (χ1v) is 6.48. The molecule has 0 bridgehead atoms. The molecule has 1 aliphatic rings. The predicted octanol–water partition coefficient (Wildman–Crippen LogP) is 3.07. The first-order chi connectivity index (χ1) is 6.84. The Balaban J connectivity index is 1.65. The number of thiophene rings is 1. The zero-order valence-corrected chi connectivity index (χ0v) is 9.65. The van der Waals surface area contributed by atoms with Crippen LogP contribution in [-0.4, -0.2) is 12.6 Å². The summed E-state index contributed by atoms with van der Waals surface area (Å²) in [6.07, 6.45) is 5.45. The lowest BCUT2D eigenvalue weighted by atomic mass is 9.92. The summed E-state index contributed by atoms with van der Waals surface area (Å²) < 4.78 is 0. The van der Waals surface area contributed by atoms with Crippen LogP contribution in [0.4, 0.5) is 0 Å². The van der Waals surface area contributed by atoms with E-state index in [1.807, 2.05) is 11.3 Å². The maximum atomic E-state index is 3.64. The minimum Gasteiger partial charge on any atom is -0.314 e. The Labute approximate surface area is 90.5 Å². The first-order valence-electron chi connectivity index (χ1n) is 5.60. The van der Waals surface area contributed by atoms with Gasteiger partial charge in [0, 0.05) is 10.9 Å². The first kappa shape index (κ1) is 10.2. The normalized spacial score (nSPS) is 19.2. The molecule has 2 heteroatoms. The minimum absolute atomic E-state index is 0.772. The molecular formula is C12H19NS. The van der Waals surface area contributed by atoms with Gasteiger partial charge < -0.3 is 5.32 Å². The molecule has 1 aliphatic carbocycles. The predicted molar refractivity (Wildman–Crippen MR) is 62.8 cm³/mol. The number of nitrogens with one attached hydrogen (secondary N) is 1. The summed E-state index contributed by atoms with van der Waals surface area (Å²) in [5, 5.41) is 5.80. The monoisotopic (exact) mass is 209 g/mol. The molecule has 0 spiro atoms. The molecule has 2 rings (SSSR count). The molecule has 1 N–H and O–H groups in total. The van der Waals surface area contributed by atoms with E-state index in [1.165, 1.54) is 37.1 Å². The molecule has 0 aromatic carbocycles. The van der Waals surface area contributed by atoms with Crippen molar-refractivity contribution in [3.8, 4) is 0 Å². The second-order valence-corrected chi connectivity index (χ2v) is 5.46. The van der Waals surface area contributed by atoms with Crippen LogP contribution in [0.15, 0.2) is 17.5 Å². The van der Waals surface area contributed by atoms with Gasteiger partial charge in [0.25, 0.3) is 0 Å². The van der Waals surface area contributed by atoms with E-state index in [0.29, 0.717) is 0 Å². The van der Waals surface area contributed by atoms with Gasteiger partial charge in [0.1, 0.15) is 0 Å². The molecule has 1 heterocycles. The highest BCUT2D eigenvalue weighted by molar-refractivity contribution is 7.09. The van der Waals surface area contributed by atoms with Crippen molar-refractivity contribution in [3.05, 3.63) is 22.4 Å². The van der Waals surface area contributed by atoms with Gasteiger partial charge in [-0.1, -0.05) is 19.4 Å². The molecule has 14 heavy (non-hydrogen) atoms. The van der Waals surface area contributed by atoms with Gasteiger partial charge in [0.05, 0.1) is 0 Å². The van der Waals surface area contributed by atoms with Gasteiger partial charge >= 0.3 is 0 Å². The van der Waals surface area contributed by atoms with Crippen LogP contribution in [0.5, 0.6) is 0 Å². The summed E-state index contributed by atoms with van der Waals surface area (Å²) in [5.41, 5.74) is 0. The Kier molecular flexibility index (Phi) is 3.60. The Hall–Kier alpha value is -0.340. The van der Waals surface area contributed by atoms with Gasteiger partial charge in [-0.15, -0.1) is 11.3 Å². The average Bonchev–Trinajstić information content (AvgIpc) is 2.54. The largest absolute Gasteiger partial charge is 0.314 e. The smallest absolute Gasteiger partial charge is 0.00671 e. The molecule has 0 amide bonds. The maximum absolute atomic E-state index is 3.64. The minimum atomic E-state index is 0.772. The standard InChI is InChI=1S/C12H19NS/c1-10(8-12-6-3-7-14-12)9-13-11-4-2-5-11/h3,6-7,10-11,13H,2,4-5,8-9H2,1H3. The van der Waals surface area contributed by atoms with Crippen molar-refractivity contribution in [2.45, 2.75) is 38.6 Å². The SMILES string of the molecule is CC(CNC1CCC1)Cc1cccs1. The Morgan fingerprint density at radius 3 is 3.00 bits per heavy atom. The van der Waals surface area contributed by atoms with Gasteiger partial charge in [-0.25, -0.2) is 0 Å². The molecule has 0 aliphatic heterocycles. The highest BCUT2D eigenvalue weighted by Crippen LogP contribution is 2.19. The summed E-state index contributed by atoms with van der Waals surface area (Å²) in [6, 6.07) is 5.22. The molecule has 1 aromatic rings. The van der Waals surface area contributed by atoms with Crippen LogP contribution in [0.3, 0.4) is 0 Å². The average molecular weight is 209 g/mol. The lowest BCUT2D eigenvalue weighted by molar-refractivity contribution is 0.321. The fraction of sp³-hybridized carbons (Fsp3) is 0.667. The van der Waals surface area contributed by atoms with E-state index in [4.69, 9.17) is 0 Å². The molecule has 1 atom stereocenters. The molecular weight excluding hydrogens is 190 g/mol. The highest BCUT2D eigenvalue weighted by Gasteiger charge is 2.17. The van der Waals surface area contributed by atoms with Crippen molar-refractivity contribution < 1.29 is 0 Å². The van der Waals surface area contributed by atoms with E-state index in [9.17, 15) is 0 Å². The van der Waals surface area contributed by atoms with Gasteiger partial charge in [0.2, 0.25) is 0 Å². The highest BCUT2D eigenvalue weighted by atomic mass is 32.1. The molecule has 78 valence electrons. The molecule has 1 aromatic heterocycles. The zero-order chi connectivity index (χ0) is 9.80. The fourth-order valence-electron chi connectivity index (χ4n) is 1.82. The maximum Gasteiger partial charge on any atom is 0.00671 e. The van der Waals surface area contributed by atoms with E-state index in [-0.39, 0.29) is 0 Å². The summed E-state index contributed by atoms with van der Waals surface area (Å²) in [6.45, 7) is 3.52. The van der Waals surface area contributed by atoms with E-state index in [0.717, 1.165) is 12.0 Å². The van der Waals surface area contributed by atoms with E-state index >= 15 is 0 Å². The summed E-state index contributed by atoms with van der Waals surface area (Å²) in [7, 11) is 0. The van der Waals surface area contributed by atoms with Gasteiger partial charge in [-0.05, 0) is 43.2 Å². The molecule has 0 radical (unpaired) electrons. The zero-order valence-electron chi connectivity index (χ0n) is 8.83. The van der Waals surface area contributed by atoms with Gasteiger partial charge in [0.15, 0.2) is 0 Å². The van der Waals surface area contributed by atoms with Crippen molar-refractivity contribution in [3.63, 3.8) is 0 Å². The van der Waals surface area contributed by atoms with E-state index in [1.54, 1.807) is 0 Å². The van der Waals surface area contributed by atoms with Gasteiger partial charge in [-0.3, -0.25) is 0 Å². The second-order valence-electron chi connectivity index (χ2n) is 4.42. The lowest BCUT2D eigenvalue weighted by Gasteiger charge is -2.28. The molecule has 1 unspecified atom stereocenters. The van der Waals surface area contributed by atoms with E-state index in [2.05, 4.69) is 29.8 Å². The van der Waals surface area contributed by atoms with Crippen LogP contribution < -0.4 is 5.32 Å². The number of rotatable bonds is 5. The molecule has 0 saturated heterocycles. The summed E-state index contributed by atoms with van der Waals surface area (Å²) >= 11 is 1.88. The quantitative estimate of drug-likeness (QED) is 0.786. The summed E-state index contributed by atoms with van der Waals surface area (Å²) in [4.78, 5) is 1.52. The Morgan fingerprint density at radius 2 is 2.43 bits per heavy atom. The lowest BCUT2D eigenvalue weighted by Crippen LogP contribution is -2.37. The number of hydrogen-bond acceptors (Lipinski definition) is 2. The van der Waals surface area contributed by atoms with Crippen LogP contribution in [0, 0.1) is 5.92 Å². The Bertz CT molecular complexity index is 251. The third kappa shape index (κ3) is 2.82. The summed E-state index contributed by atoms with van der Waals surface area (Å²) in [5.74, 6) is 0.772. The van der Waals surface area contributed by atoms with E-state index < -0.39 is 0 Å². The molecule has 1 fully saturated rings. The van der Waals surface area contributed by atoms with Crippen LogP contribution in [0.25, 0.3) is 0 Å². The van der Waals surface area contributed by atoms with Crippen LogP contribution in [0.1, 0.15) is 31.1 Å². The van der Waals surface area contributed by atoms with Crippen molar-refractivity contribution in [1.29, 1.82) is 0 Å². The van der Waals surface area contributed by atoms with Crippen LogP contribution >= 0.6 is 11.3 Å². The third-order valence-corrected chi connectivity index (χ3v) is 3.89. The number of hydrogen-bond donors (Lipinski definition) is 1. The Morgan fingerprint density at radius 1 is 1.57 bits per heavy atom. The molecule has 1 saturated carbocycles. The third-order valence-electron chi connectivity index (χ3n) is 2.99. The van der Waals surface area contributed by atoms with Crippen LogP contribution in [-0.2, 0) is 6.42 Å².